The molecule has 29 heavy (non-hydrogen) atoms. The Bertz CT molecular complexity index is 796. The standard InChI is InChI=1S/C20H30N4O3S.HI/c1-13(2)15-12-28-17(24-15)11-23-20(21-3)22-10-9-14-7-8-16(25-4)19(27-6)18(14)26-5;/h7-8,12-13H,9-11H2,1-6H3,(H2,21,22,23);1H. The van der Waals surface area contributed by atoms with Gasteiger partial charge in [0, 0.05) is 24.5 Å². The van der Waals surface area contributed by atoms with Crippen LogP contribution in [0.1, 0.15) is 36.0 Å². The van der Waals surface area contributed by atoms with E-state index in [2.05, 4.69) is 39.8 Å². The van der Waals surface area contributed by atoms with Crippen molar-refractivity contribution in [3.05, 3.63) is 33.8 Å². The first-order chi connectivity index (χ1) is 13.5. The van der Waals surface area contributed by atoms with Gasteiger partial charge in [-0.25, -0.2) is 4.98 Å². The number of guanidine groups is 1. The number of ether oxygens (including phenoxy) is 3. The van der Waals surface area contributed by atoms with Gasteiger partial charge in [0.2, 0.25) is 5.75 Å². The highest BCUT2D eigenvalue weighted by molar-refractivity contribution is 14.0. The average Bonchev–Trinajstić information content (AvgIpc) is 3.19. The van der Waals surface area contributed by atoms with Gasteiger partial charge in [-0.05, 0) is 18.4 Å². The summed E-state index contributed by atoms with van der Waals surface area (Å²) in [7, 11) is 6.61. The van der Waals surface area contributed by atoms with Crippen LogP contribution in [0.25, 0.3) is 0 Å². The zero-order valence-corrected chi connectivity index (χ0v) is 21.0. The maximum absolute atomic E-state index is 5.54. The highest BCUT2D eigenvalue weighted by Gasteiger charge is 2.15. The van der Waals surface area contributed by atoms with E-state index < -0.39 is 0 Å². The molecular formula is C20H31IN4O3S. The summed E-state index contributed by atoms with van der Waals surface area (Å²) in [5.41, 5.74) is 2.16. The lowest BCUT2D eigenvalue weighted by Gasteiger charge is -2.16. The van der Waals surface area contributed by atoms with E-state index in [9.17, 15) is 0 Å². The van der Waals surface area contributed by atoms with Crippen LogP contribution in [0, 0.1) is 0 Å². The van der Waals surface area contributed by atoms with Gasteiger partial charge in [0.05, 0.1) is 33.6 Å². The number of aliphatic imine (C=N–C) groups is 1. The van der Waals surface area contributed by atoms with E-state index in [-0.39, 0.29) is 24.0 Å². The van der Waals surface area contributed by atoms with Crippen molar-refractivity contribution in [3.8, 4) is 17.2 Å². The minimum absolute atomic E-state index is 0. The monoisotopic (exact) mass is 534 g/mol. The van der Waals surface area contributed by atoms with Gasteiger partial charge in [-0.2, -0.15) is 0 Å². The fourth-order valence-electron chi connectivity index (χ4n) is 2.73. The minimum Gasteiger partial charge on any atom is -0.493 e. The lowest BCUT2D eigenvalue weighted by Crippen LogP contribution is -2.37. The van der Waals surface area contributed by atoms with Gasteiger partial charge < -0.3 is 24.8 Å². The first-order valence-electron chi connectivity index (χ1n) is 9.20. The predicted octanol–water partition coefficient (Wildman–Crippen LogP) is 3.82. The fraction of sp³-hybridized carbons (Fsp3) is 0.500. The smallest absolute Gasteiger partial charge is 0.203 e. The zero-order valence-electron chi connectivity index (χ0n) is 17.9. The Balaban J connectivity index is 0.00000420. The van der Waals surface area contributed by atoms with Crippen LogP contribution >= 0.6 is 35.3 Å². The minimum atomic E-state index is 0. The average molecular weight is 534 g/mol. The Hall–Kier alpha value is -1.75. The summed E-state index contributed by atoms with van der Waals surface area (Å²) in [4.78, 5) is 8.91. The number of hydrogen-bond acceptors (Lipinski definition) is 6. The molecule has 0 fully saturated rings. The second kappa shape index (κ2) is 12.7. The summed E-state index contributed by atoms with van der Waals surface area (Å²) in [6.07, 6.45) is 0.749. The van der Waals surface area contributed by atoms with Crippen molar-refractivity contribution in [1.82, 2.24) is 15.6 Å². The van der Waals surface area contributed by atoms with Crippen molar-refractivity contribution < 1.29 is 14.2 Å². The van der Waals surface area contributed by atoms with Gasteiger partial charge in [0.25, 0.3) is 0 Å². The van der Waals surface area contributed by atoms with E-state index in [4.69, 9.17) is 14.2 Å². The third-order valence-electron chi connectivity index (χ3n) is 4.26. The van der Waals surface area contributed by atoms with Crippen molar-refractivity contribution in [2.45, 2.75) is 32.7 Å². The van der Waals surface area contributed by atoms with Crippen LogP contribution < -0.4 is 24.8 Å². The number of benzene rings is 1. The molecule has 7 nitrogen and oxygen atoms in total. The van der Waals surface area contributed by atoms with Crippen molar-refractivity contribution >= 4 is 41.3 Å². The molecule has 0 aliphatic heterocycles. The topological polar surface area (TPSA) is 77.0 Å². The van der Waals surface area contributed by atoms with Crippen LogP contribution in [-0.4, -0.2) is 45.9 Å². The molecule has 1 aromatic carbocycles. The largest absolute Gasteiger partial charge is 0.493 e. The molecule has 0 spiro atoms. The van der Waals surface area contributed by atoms with E-state index in [0.29, 0.717) is 36.3 Å². The van der Waals surface area contributed by atoms with Gasteiger partial charge >= 0.3 is 0 Å². The van der Waals surface area contributed by atoms with Crippen molar-refractivity contribution in [2.75, 3.05) is 34.9 Å². The molecule has 0 unspecified atom stereocenters. The number of hydrogen-bond donors (Lipinski definition) is 2. The first kappa shape index (κ1) is 25.3. The number of halogens is 1. The van der Waals surface area contributed by atoms with Crippen LogP contribution in [-0.2, 0) is 13.0 Å². The summed E-state index contributed by atoms with van der Waals surface area (Å²) in [6, 6.07) is 3.87. The highest BCUT2D eigenvalue weighted by Crippen LogP contribution is 2.39. The van der Waals surface area contributed by atoms with Crippen molar-refractivity contribution in [1.29, 1.82) is 0 Å². The Labute approximate surface area is 194 Å². The number of rotatable bonds is 9. The normalized spacial score (nSPS) is 11.1. The van der Waals surface area contributed by atoms with E-state index in [1.807, 2.05) is 12.1 Å². The molecule has 0 aliphatic carbocycles. The van der Waals surface area contributed by atoms with Crippen LogP contribution in [0.2, 0.25) is 0 Å². The third kappa shape index (κ3) is 6.91. The molecule has 9 heteroatoms. The molecule has 162 valence electrons. The zero-order chi connectivity index (χ0) is 20.5. The van der Waals surface area contributed by atoms with Crippen molar-refractivity contribution in [3.63, 3.8) is 0 Å². The van der Waals surface area contributed by atoms with Gasteiger partial charge in [0.15, 0.2) is 17.5 Å². The lowest BCUT2D eigenvalue weighted by atomic mass is 10.1. The van der Waals surface area contributed by atoms with Crippen LogP contribution in [0.4, 0.5) is 0 Å². The molecule has 2 aromatic rings. The summed E-state index contributed by atoms with van der Waals surface area (Å²) in [5, 5.41) is 9.79. The molecule has 0 atom stereocenters. The third-order valence-corrected chi connectivity index (χ3v) is 5.13. The summed E-state index contributed by atoms with van der Waals surface area (Å²) >= 11 is 1.66. The molecule has 0 radical (unpaired) electrons. The van der Waals surface area contributed by atoms with Gasteiger partial charge in [-0.1, -0.05) is 19.9 Å². The van der Waals surface area contributed by atoms with Crippen LogP contribution in [0.5, 0.6) is 17.2 Å². The predicted molar refractivity (Wildman–Crippen MR) is 130 cm³/mol. The maximum Gasteiger partial charge on any atom is 0.203 e. The van der Waals surface area contributed by atoms with Gasteiger partial charge in [-0.15, -0.1) is 35.3 Å². The Morgan fingerprint density at radius 3 is 2.38 bits per heavy atom. The van der Waals surface area contributed by atoms with E-state index in [1.165, 1.54) is 0 Å². The molecule has 0 saturated heterocycles. The molecule has 1 heterocycles. The summed E-state index contributed by atoms with van der Waals surface area (Å²) < 4.78 is 16.3. The summed E-state index contributed by atoms with van der Waals surface area (Å²) in [5.74, 6) is 3.13. The Morgan fingerprint density at radius 2 is 1.83 bits per heavy atom. The van der Waals surface area contributed by atoms with Crippen LogP contribution in [0.15, 0.2) is 22.5 Å². The lowest BCUT2D eigenvalue weighted by molar-refractivity contribution is 0.322. The molecular weight excluding hydrogens is 503 g/mol. The Morgan fingerprint density at radius 1 is 1.10 bits per heavy atom. The number of nitrogens with zero attached hydrogens (tertiary/aromatic N) is 2. The second-order valence-electron chi connectivity index (χ2n) is 6.42. The summed E-state index contributed by atoms with van der Waals surface area (Å²) in [6.45, 7) is 5.64. The van der Waals surface area contributed by atoms with E-state index in [1.54, 1.807) is 39.7 Å². The molecule has 0 amide bonds. The molecule has 1 aromatic heterocycles. The SMILES string of the molecule is CN=C(NCCc1ccc(OC)c(OC)c1OC)NCc1nc(C(C)C)cs1.I. The number of thiazole rings is 1. The fourth-order valence-corrected chi connectivity index (χ4v) is 3.62. The van der Waals surface area contributed by atoms with Crippen LogP contribution in [0.3, 0.4) is 0 Å². The number of nitrogens with one attached hydrogen (secondary N) is 2. The molecule has 2 rings (SSSR count). The number of aromatic nitrogens is 1. The molecule has 0 bridgehead atoms. The first-order valence-corrected chi connectivity index (χ1v) is 10.1. The molecule has 2 N–H and O–H groups in total. The molecule has 0 aliphatic rings. The van der Waals surface area contributed by atoms with Crippen molar-refractivity contribution in [2.24, 2.45) is 4.99 Å². The maximum atomic E-state index is 5.54. The van der Waals surface area contributed by atoms with E-state index >= 15 is 0 Å². The Kier molecular flexibility index (Phi) is 11.1. The highest BCUT2D eigenvalue weighted by atomic mass is 127. The van der Waals surface area contributed by atoms with Gasteiger partial charge in [-0.3, -0.25) is 4.99 Å². The van der Waals surface area contributed by atoms with Gasteiger partial charge in [0.1, 0.15) is 5.01 Å². The van der Waals surface area contributed by atoms with E-state index in [0.717, 1.165) is 28.6 Å². The quantitative estimate of drug-likeness (QED) is 0.290. The second-order valence-corrected chi connectivity index (χ2v) is 7.36. The molecule has 0 saturated carbocycles. The number of methoxy groups -OCH3 is 3.